The Labute approximate surface area is 80.0 Å². The molecule has 14 heavy (non-hydrogen) atoms. The van der Waals surface area contributed by atoms with Crippen LogP contribution in [0.3, 0.4) is 0 Å². The van der Waals surface area contributed by atoms with E-state index in [-0.39, 0.29) is 6.61 Å². The smallest absolute Gasteiger partial charge is 0.415 e. The van der Waals surface area contributed by atoms with Crippen LogP contribution in [-0.4, -0.2) is 20.9 Å². The summed E-state index contributed by atoms with van der Waals surface area (Å²) in [5.74, 6) is 0. The van der Waals surface area contributed by atoms with Crippen LogP contribution in [-0.2, 0) is 6.61 Å². The van der Waals surface area contributed by atoms with Crippen molar-refractivity contribution < 1.29 is 15.0 Å². The second kappa shape index (κ2) is 3.16. The molecule has 1 aromatic heterocycles. The quantitative estimate of drug-likeness (QED) is 0.720. The maximum absolute atomic E-state index is 10.8. The van der Waals surface area contributed by atoms with Gasteiger partial charge in [0, 0.05) is 11.6 Å². The summed E-state index contributed by atoms with van der Waals surface area (Å²) in [6.07, 6.45) is 0.476. The second-order valence-electron chi connectivity index (χ2n) is 3.02. The fourth-order valence-corrected chi connectivity index (χ4v) is 1.44. The van der Waals surface area contributed by atoms with Gasteiger partial charge in [0.2, 0.25) is 0 Å². The monoisotopic (exact) mass is 191 g/mol. The van der Waals surface area contributed by atoms with E-state index in [0.29, 0.717) is 11.1 Å². The van der Waals surface area contributed by atoms with E-state index in [0.717, 1.165) is 9.95 Å². The van der Waals surface area contributed by atoms with Gasteiger partial charge in [0.05, 0.1) is 12.1 Å². The van der Waals surface area contributed by atoms with E-state index in [1.165, 1.54) is 6.20 Å². The van der Waals surface area contributed by atoms with Crippen molar-refractivity contribution in [2.24, 2.45) is 0 Å². The summed E-state index contributed by atoms with van der Waals surface area (Å²) >= 11 is 0. The first kappa shape index (κ1) is 8.77. The Balaban J connectivity index is 2.69. The van der Waals surface area contributed by atoms with Gasteiger partial charge < -0.3 is 10.2 Å². The highest BCUT2D eigenvalue weighted by Crippen LogP contribution is 2.17. The molecule has 0 fully saturated rings. The maximum Gasteiger partial charge on any atom is 0.415 e. The molecule has 0 aliphatic carbocycles. The molecule has 72 valence electrons. The summed E-state index contributed by atoms with van der Waals surface area (Å²) < 4.78 is 1.13. The topological polar surface area (TPSA) is 62.5 Å². The van der Waals surface area contributed by atoms with E-state index >= 15 is 0 Å². The summed E-state index contributed by atoms with van der Waals surface area (Å²) in [6.45, 7) is -0.0826. The molecule has 4 nitrogen and oxygen atoms in total. The average molecular weight is 191 g/mol. The zero-order valence-corrected chi connectivity index (χ0v) is 7.34. The lowest BCUT2D eigenvalue weighted by atomic mass is 10.2. The van der Waals surface area contributed by atoms with Gasteiger partial charge in [-0.15, -0.1) is 0 Å². The molecule has 1 heterocycles. The third-order valence-electron chi connectivity index (χ3n) is 2.15. The standard InChI is InChI=1S/C10H9NO3/c12-6-7-1-2-8-3-4-11(10(13)14)9(8)5-7/h1-5,12H,6H2,(H,13,14). The van der Waals surface area contributed by atoms with Gasteiger partial charge in [0.1, 0.15) is 0 Å². The minimum Gasteiger partial charge on any atom is -0.464 e. The normalized spacial score (nSPS) is 10.6. The molecule has 0 saturated heterocycles. The first-order valence-electron chi connectivity index (χ1n) is 4.16. The summed E-state index contributed by atoms with van der Waals surface area (Å²) in [5.41, 5.74) is 1.31. The summed E-state index contributed by atoms with van der Waals surface area (Å²) in [4.78, 5) is 10.8. The number of aliphatic hydroxyl groups excluding tert-OH is 1. The molecule has 0 atom stereocenters. The third-order valence-corrected chi connectivity index (χ3v) is 2.15. The Bertz CT molecular complexity index is 487. The van der Waals surface area contributed by atoms with Gasteiger partial charge in [-0.3, -0.25) is 4.57 Å². The van der Waals surface area contributed by atoms with Crippen LogP contribution < -0.4 is 0 Å². The van der Waals surface area contributed by atoms with Crippen molar-refractivity contribution in [2.45, 2.75) is 6.61 Å². The SMILES string of the molecule is O=C(O)n1ccc2ccc(CO)cc21. The van der Waals surface area contributed by atoms with Crippen LogP contribution in [0.2, 0.25) is 0 Å². The van der Waals surface area contributed by atoms with E-state index in [1.54, 1.807) is 24.3 Å². The molecule has 4 heteroatoms. The number of carbonyl (C=O) groups is 1. The predicted octanol–water partition coefficient (Wildman–Crippen LogP) is 1.66. The molecular formula is C10H9NO3. The second-order valence-corrected chi connectivity index (χ2v) is 3.02. The molecule has 2 rings (SSSR count). The summed E-state index contributed by atoms with van der Waals surface area (Å²) in [6, 6.07) is 6.96. The van der Waals surface area contributed by atoms with E-state index in [2.05, 4.69) is 0 Å². The summed E-state index contributed by atoms with van der Waals surface area (Å²) in [7, 11) is 0. The molecule has 0 aliphatic rings. The molecule has 1 aromatic carbocycles. The number of rotatable bonds is 1. The van der Waals surface area contributed by atoms with E-state index in [1.807, 2.05) is 0 Å². The lowest BCUT2D eigenvalue weighted by Gasteiger charge is -1.99. The summed E-state index contributed by atoms with van der Waals surface area (Å²) in [5, 5.41) is 18.6. The number of hydrogen-bond donors (Lipinski definition) is 2. The Kier molecular flexibility index (Phi) is 1.98. The molecule has 0 aliphatic heterocycles. The number of aromatic nitrogens is 1. The molecule has 0 bridgehead atoms. The maximum atomic E-state index is 10.8. The van der Waals surface area contributed by atoms with Gasteiger partial charge in [0.15, 0.2) is 0 Å². The zero-order chi connectivity index (χ0) is 10.1. The number of nitrogens with zero attached hydrogens (tertiary/aromatic N) is 1. The van der Waals surface area contributed by atoms with E-state index in [4.69, 9.17) is 10.2 Å². The molecule has 0 amide bonds. The van der Waals surface area contributed by atoms with Gasteiger partial charge in [-0.1, -0.05) is 12.1 Å². The molecule has 2 N–H and O–H groups in total. The van der Waals surface area contributed by atoms with E-state index in [9.17, 15) is 4.79 Å². The highest BCUT2D eigenvalue weighted by molar-refractivity contribution is 5.89. The predicted molar refractivity (Wildman–Crippen MR) is 51.3 cm³/mol. The number of fused-ring (bicyclic) bond motifs is 1. The van der Waals surface area contributed by atoms with Crippen molar-refractivity contribution in [1.29, 1.82) is 0 Å². The third kappa shape index (κ3) is 1.25. The van der Waals surface area contributed by atoms with Crippen LogP contribution in [0, 0.1) is 0 Å². The largest absolute Gasteiger partial charge is 0.464 e. The van der Waals surface area contributed by atoms with Gasteiger partial charge in [-0.2, -0.15) is 0 Å². The van der Waals surface area contributed by atoms with Gasteiger partial charge in [0.25, 0.3) is 0 Å². The minimum atomic E-state index is -1.02. The molecule has 2 aromatic rings. The molecule has 0 unspecified atom stereocenters. The molecule has 0 saturated carbocycles. The van der Waals surface area contributed by atoms with Crippen LogP contribution >= 0.6 is 0 Å². The van der Waals surface area contributed by atoms with Gasteiger partial charge in [-0.25, -0.2) is 4.79 Å². The molecular weight excluding hydrogens is 182 g/mol. The van der Waals surface area contributed by atoms with Gasteiger partial charge in [-0.05, 0) is 17.7 Å². The number of aliphatic hydroxyl groups is 1. The van der Waals surface area contributed by atoms with Crippen molar-refractivity contribution in [3.63, 3.8) is 0 Å². The fourth-order valence-electron chi connectivity index (χ4n) is 1.44. The van der Waals surface area contributed by atoms with Crippen LogP contribution in [0.1, 0.15) is 5.56 Å². The molecule has 0 spiro atoms. The van der Waals surface area contributed by atoms with Crippen molar-refractivity contribution in [3.8, 4) is 0 Å². The van der Waals surface area contributed by atoms with Crippen LogP contribution in [0.15, 0.2) is 30.5 Å². The Morgan fingerprint density at radius 2 is 2.14 bits per heavy atom. The average Bonchev–Trinajstić information content (AvgIpc) is 2.59. The minimum absolute atomic E-state index is 0.0826. The lowest BCUT2D eigenvalue weighted by Crippen LogP contribution is -2.05. The zero-order valence-electron chi connectivity index (χ0n) is 7.34. The van der Waals surface area contributed by atoms with Crippen molar-refractivity contribution in [1.82, 2.24) is 4.57 Å². The first-order valence-corrected chi connectivity index (χ1v) is 4.16. The lowest BCUT2D eigenvalue weighted by molar-refractivity contribution is 0.197. The van der Waals surface area contributed by atoms with Crippen LogP contribution in [0.4, 0.5) is 4.79 Å². The Morgan fingerprint density at radius 3 is 2.79 bits per heavy atom. The Morgan fingerprint density at radius 1 is 1.36 bits per heavy atom. The van der Waals surface area contributed by atoms with E-state index < -0.39 is 6.09 Å². The van der Waals surface area contributed by atoms with Crippen molar-refractivity contribution >= 4 is 17.0 Å². The number of carboxylic acid groups (broad SMARTS) is 1. The molecule has 0 radical (unpaired) electrons. The Hall–Kier alpha value is -1.81. The van der Waals surface area contributed by atoms with Crippen LogP contribution in [0.25, 0.3) is 10.9 Å². The fraction of sp³-hybridized carbons (Fsp3) is 0.100. The highest BCUT2D eigenvalue weighted by atomic mass is 16.4. The number of hydrogen-bond acceptors (Lipinski definition) is 2. The van der Waals surface area contributed by atoms with Gasteiger partial charge >= 0.3 is 6.09 Å². The van der Waals surface area contributed by atoms with Crippen LogP contribution in [0.5, 0.6) is 0 Å². The first-order chi connectivity index (χ1) is 6.72. The number of benzene rings is 1. The van der Waals surface area contributed by atoms with Crippen molar-refractivity contribution in [2.75, 3.05) is 0 Å². The van der Waals surface area contributed by atoms with Crippen molar-refractivity contribution in [3.05, 3.63) is 36.0 Å². The highest BCUT2D eigenvalue weighted by Gasteiger charge is 2.06.